The molecule has 14 heavy (non-hydrogen) atoms. The Morgan fingerprint density at radius 1 is 1.29 bits per heavy atom. The maximum Gasteiger partial charge on any atom is 0.0510 e. The summed E-state index contributed by atoms with van der Waals surface area (Å²) in [6, 6.07) is 0.579. The van der Waals surface area contributed by atoms with Gasteiger partial charge in [0.25, 0.3) is 0 Å². The first-order valence-corrected chi connectivity index (χ1v) is 5.95. The van der Waals surface area contributed by atoms with Crippen molar-refractivity contribution in [2.45, 2.75) is 38.6 Å². The molecule has 3 heteroatoms. The topological polar surface area (TPSA) is 24.5 Å². The summed E-state index contributed by atoms with van der Waals surface area (Å²) >= 11 is 0. The molecule has 0 spiro atoms. The Bertz CT molecular complexity index is 163. The zero-order valence-corrected chi connectivity index (χ0v) is 9.17. The van der Waals surface area contributed by atoms with Crippen LogP contribution in [0.3, 0.4) is 0 Å². The average molecular weight is 198 g/mol. The van der Waals surface area contributed by atoms with Crippen molar-refractivity contribution in [2.24, 2.45) is 5.92 Å². The van der Waals surface area contributed by atoms with E-state index in [1.807, 2.05) is 0 Å². The average Bonchev–Trinajstić information content (AvgIpc) is 2.72. The molecule has 1 N–H and O–H groups in total. The molecule has 2 atom stereocenters. The number of hydrogen-bond acceptors (Lipinski definition) is 3. The van der Waals surface area contributed by atoms with Crippen LogP contribution < -0.4 is 5.43 Å². The highest BCUT2D eigenvalue weighted by Crippen LogP contribution is 2.17. The van der Waals surface area contributed by atoms with Crippen molar-refractivity contribution in [2.75, 3.05) is 26.3 Å². The van der Waals surface area contributed by atoms with E-state index in [1.165, 1.54) is 38.8 Å². The van der Waals surface area contributed by atoms with Crippen molar-refractivity contribution in [3.63, 3.8) is 0 Å². The van der Waals surface area contributed by atoms with Gasteiger partial charge in [-0.1, -0.05) is 6.42 Å². The van der Waals surface area contributed by atoms with Crippen LogP contribution in [0.5, 0.6) is 0 Å². The van der Waals surface area contributed by atoms with Crippen LogP contribution in [0.4, 0.5) is 0 Å². The van der Waals surface area contributed by atoms with Crippen LogP contribution in [-0.4, -0.2) is 37.4 Å². The Labute approximate surface area is 86.8 Å². The highest BCUT2D eigenvalue weighted by atomic mass is 16.5. The Balaban J connectivity index is 1.72. The predicted octanol–water partition coefficient (Wildman–Crippen LogP) is 1.40. The van der Waals surface area contributed by atoms with Gasteiger partial charge < -0.3 is 4.74 Å². The van der Waals surface area contributed by atoms with Crippen molar-refractivity contribution < 1.29 is 4.74 Å². The fraction of sp³-hybridized carbons (Fsp3) is 1.00. The third-order valence-electron chi connectivity index (χ3n) is 3.41. The van der Waals surface area contributed by atoms with Gasteiger partial charge in [-0.3, -0.25) is 5.43 Å². The maximum atomic E-state index is 5.41. The van der Waals surface area contributed by atoms with Gasteiger partial charge in [-0.25, -0.2) is 5.01 Å². The highest BCUT2D eigenvalue weighted by molar-refractivity contribution is 4.75. The van der Waals surface area contributed by atoms with E-state index in [-0.39, 0.29) is 0 Å². The van der Waals surface area contributed by atoms with Crippen LogP contribution in [-0.2, 0) is 4.74 Å². The minimum Gasteiger partial charge on any atom is -0.381 e. The van der Waals surface area contributed by atoms with E-state index in [9.17, 15) is 0 Å². The number of nitrogens with zero attached hydrogens (tertiary/aromatic N) is 1. The van der Waals surface area contributed by atoms with Crippen molar-refractivity contribution in [3.05, 3.63) is 0 Å². The van der Waals surface area contributed by atoms with Crippen LogP contribution in [0.1, 0.15) is 32.6 Å². The summed E-state index contributed by atoms with van der Waals surface area (Å²) in [6.07, 6.45) is 5.32. The molecule has 2 fully saturated rings. The quantitative estimate of drug-likeness (QED) is 0.742. The number of hydrazine groups is 1. The molecule has 0 aromatic heterocycles. The lowest BCUT2D eigenvalue weighted by Crippen LogP contribution is -2.48. The van der Waals surface area contributed by atoms with Crippen molar-refractivity contribution in [1.82, 2.24) is 10.4 Å². The summed E-state index contributed by atoms with van der Waals surface area (Å²) in [5, 5.41) is 2.40. The fourth-order valence-electron chi connectivity index (χ4n) is 2.36. The lowest BCUT2D eigenvalue weighted by atomic mass is 10.0. The highest BCUT2D eigenvalue weighted by Gasteiger charge is 2.23. The van der Waals surface area contributed by atoms with E-state index >= 15 is 0 Å². The van der Waals surface area contributed by atoms with Crippen LogP contribution in [0, 0.1) is 5.92 Å². The molecule has 0 aromatic rings. The molecule has 3 nitrogen and oxygen atoms in total. The number of nitrogens with one attached hydrogen (secondary N) is 1. The van der Waals surface area contributed by atoms with E-state index in [1.54, 1.807) is 0 Å². The zero-order chi connectivity index (χ0) is 9.80. The van der Waals surface area contributed by atoms with Crippen LogP contribution in [0.2, 0.25) is 0 Å². The molecule has 2 unspecified atom stereocenters. The normalized spacial score (nSPS) is 31.9. The molecule has 0 aliphatic carbocycles. The van der Waals surface area contributed by atoms with Gasteiger partial charge in [0.1, 0.15) is 0 Å². The van der Waals surface area contributed by atoms with Crippen LogP contribution in [0.25, 0.3) is 0 Å². The minimum absolute atomic E-state index is 0.579. The van der Waals surface area contributed by atoms with Gasteiger partial charge in [0, 0.05) is 31.7 Å². The molecule has 0 saturated carbocycles. The molecule has 0 bridgehead atoms. The van der Waals surface area contributed by atoms with Crippen LogP contribution in [0.15, 0.2) is 0 Å². The maximum absolute atomic E-state index is 5.41. The van der Waals surface area contributed by atoms with Crippen LogP contribution >= 0.6 is 0 Å². The first kappa shape index (κ1) is 10.4. The van der Waals surface area contributed by atoms with Gasteiger partial charge in [-0.15, -0.1) is 0 Å². The second kappa shape index (κ2) is 5.10. The predicted molar refractivity (Wildman–Crippen MR) is 56.9 cm³/mol. The van der Waals surface area contributed by atoms with Gasteiger partial charge in [-0.2, -0.15) is 0 Å². The summed E-state index contributed by atoms with van der Waals surface area (Å²) in [5.41, 5.74) is 3.61. The van der Waals surface area contributed by atoms with Gasteiger partial charge in [0.05, 0.1) is 6.61 Å². The number of ether oxygens (including phenoxy) is 1. The summed E-state index contributed by atoms with van der Waals surface area (Å²) < 4.78 is 5.41. The lowest BCUT2D eigenvalue weighted by molar-refractivity contribution is 0.105. The van der Waals surface area contributed by atoms with Crippen molar-refractivity contribution >= 4 is 0 Å². The van der Waals surface area contributed by atoms with E-state index in [2.05, 4.69) is 17.4 Å². The van der Waals surface area contributed by atoms with E-state index < -0.39 is 0 Å². The molecular weight excluding hydrogens is 176 g/mol. The second-order valence-corrected chi connectivity index (χ2v) is 4.59. The first-order valence-electron chi connectivity index (χ1n) is 5.95. The number of hydrogen-bond donors (Lipinski definition) is 1. The van der Waals surface area contributed by atoms with Crippen molar-refractivity contribution in [1.29, 1.82) is 0 Å². The molecule has 2 rings (SSSR count). The smallest absolute Gasteiger partial charge is 0.0510 e. The van der Waals surface area contributed by atoms with Gasteiger partial charge >= 0.3 is 0 Å². The largest absolute Gasteiger partial charge is 0.381 e. The third-order valence-corrected chi connectivity index (χ3v) is 3.41. The lowest BCUT2D eigenvalue weighted by Gasteiger charge is -2.32. The Morgan fingerprint density at radius 2 is 2.07 bits per heavy atom. The summed E-state index contributed by atoms with van der Waals surface area (Å²) in [6.45, 7) is 6.63. The Morgan fingerprint density at radius 3 is 2.71 bits per heavy atom. The number of rotatable bonds is 3. The van der Waals surface area contributed by atoms with Crippen molar-refractivity contribution in [3.8, 4) is 0 Å². The molecule has 2 aliphatic heterocycles. The molecule has 0 aromatic carbocycles. The molecule has 82 valence electrons. The number of piperidine rings is 1. The molecule has 2 heterocycles. The monoisotopic (exact) mass is 198 g/mol. The Hall–Kier alpha value is -0.120. The second-order valence-electron chi connectivity index (χ2n) is 4.59. The molecule has 2 saturated heterocycles. The standard InChI is InChI=1S/C11H22N2O/c1-10(11-5-8-14-9-11)12-13-6-3-2-4-7-13/h10-12H,2-9H2,1H3. The third kappa shape index (κ3) is 2.69. The zero-order valence-electron chi connectivity index (χ0n) is 9.17. The Kier molecular flexibility index (Phi) is 3.79. The summed E-state index contributed by atoms with van der Waals surface area (Å²) in [5.74, 6) is 0.719. The van der Waals surface area contributed by atoms with Gasteiger partial charge in [0.2, 0.25) is 0 Å². The van der Waals surface area contributed by atoms with E-state index in [0.29, 0.717) is 6.04 Å². The van der Waals surface area contributed by atoms with Gasteiger partial charge in [0.15, 0.2) is 0 Å². The summed E-state index contributed by atoms with van der Waals surface area (Å²) in [4.78, 5) is 0. The minimum atomic E-state index is 0.579. The van der Waals surface area contributed by atoms with E-state index in [0.717, 1.165) is 19.1 Å². The molecule has 0 amide bonds. The van der Waals surface area contributed by atoms with E-state index in [4.69, 9.17) is 4.74 Å². The molecular formula is C11H22N2O. The fourth-order valence-corrected chi connectivity index (χ4v) is 2.36. The molecule has 2 aliphatic rings. The summed E-state index contributed by atoms with van der Waals surface area (Å²) in [7, 11) is 0. The molecule has 0 radical (unpaired) electrons. The SMILES string of the molecule is CC(NN1CCCCC1)C1CCOC1. The first-order chi connectivity index (χ1) is 6.86. The van der Waals surface area contributed by atoms with Gasteiger partial charge in [-0.05, 0) is 26.2 Å².